The van der Waals surface area contributed by atoms with E-state index in [1.807, 2.05) is 0 Å². The number of aromatic hydroxyl groups is 2. The number of alkyl halides is 3. The summed E-state index contributed by atoms with van der Waals surface area (Å²) in [5.74, 6) is -4.27. The summed E-state index contributed by atoms with van der Waals surface area (Å²) in [6.45, 7) is 0. The maximum absolute atomic E-state index is 13.8. The molecule has 8 nitrogen and oxygen atoms in total. The van der Waals surface area contributed by atoms with Gasteiger partial charge in [0.05, 0.1) is 16.1 Å². The molecule has 0 aliphatic carbocycles. The zero-order valence-corrected chi connectivity index (χ0v) is 27.2. The molecule has 5 aromatic rings. The number of carboxylic acid groups (broad SMARTS) is 1. The standard InChI is InChI=1S/C38H29ClF4N2O6/c39-30-20-26(10-14-31(30)40)25-11-15-34(47)29(19-25)35(48)44-32(36(49)45-33(37(50)51)17-22-6-12-28(46)13-7-22)16-21-4-8-23(9-5-21)24-2-1-3-27(18-24)38(41,42)43/h1-15,18-20,32-33,46-47H,16-17H2,(H,44,48)(H,45,49)(H,50,51)/t32-,33?/m0/s1. The van der Waals surface area contributed by atoms with E-state index in [9.17, 15) is 47.3 Å². The van der Waals surface area contributed by atoms with Crippen LogP contribution in [-0.2, 0) is 28.6 Å². The summed E-state index contributed by atoms with van der Waals surface area (Å²) >= 11 is 5.92. The van der Waals surface area contributed by atoms with Crippen LogP contribution in [0.4, 0.5) is 17.6 Å². The lowest BCUT2D eigenvalue weighted by atomic mass is 9.98. The number of phenolic OH excluding ortho intramolecular Hbond substituents is 2. The number of carbonyl (C=O) groups is 3. The van der Waals surface area contributed by atoms with Gasteiger partial charge in [0, 0.05) is 12.8 Å². The summed E-state index contributed by atoms with van der Waals surface area (Å²) in [5, 5.41) is 34.9. The van der Waals surface area contributed by atoms with Gasteiger partial charge in [0.1, 0.15) is 29.4 Å². The molecule has 0 bridgehead atoms. The van der Waals surface area contributed by atoms with E-state index in [0.717, 1.165) is 18.2 Å². The van der Waals surface area contributed by atoms with Gasteiger partial charge in [0.25, 0.3) is 5.91 Å². The molecule has 2 amide bonds. The monoisotopic (exact) mass is 720 g/mol. The van der Waals surface area contributed by atoms with Gasteiger partial charge in [-0.1, -0.05) is 72.3 Å². The van der Waals surface area contributed by atoms with Crippen molar-refractivity contribution in [3.8, 4) is 33.8 Å². The number of carboxylic acids is 1. The van der Waals surface area contributed by atoms with Gasteiger partial charge in [-0.3, -0.25) is 9.59 Å². The minimum atomic E-state index is -4.54. The maximum Gasteiger partial charge on any atom is 0.416 e. The SMILES string of the molecule is O=C(N[C@@H](Cc1ccc(-c2cccc(C(F)(F)F)c2)cc1)C(=O)NC(Cc1ccc(O)cc1)C(=O)O)c1cc(-c2ccc(F)c(Cl)c2)ccc1O. The van der Waals surface area contributed by atoms with Crippen LogP contribution in [0.15, 0.2) is 109 Å². The molecule has 0 saturated carbocycles. The Kier molecular flexibility index (Phi) is 11.0. The first-order valence-corrected chi connectivity index (χ1v) is 15.7. The van der Waals surface area contributed by atoms with Crippen LogP contribution in [0.5, 0.6) is 11.5 Å². The van der Waals surface area contributed by atoms with Crippen molar-refractivity contribution >= 4 is 29.4 Å². The van der Waals surface area contributed by atoms with Crippen molar-refractivity contribution in [2.45, 2.75) is 31.1 Å². The van der Waals surface area contributed by atoms with Gasteiger partial charge >= 0.3 is 12.1 Å². The van der Waals surface area contributed by atoms with Crippen molar-refractivity contribution in [2.24, 2.45) is 0 Å². The van der Waals surface area contributed by atoms with E-state index in [-0.39, 0.29) is 29.2 Å². The normalized spacial score (nSPS) is 12.5. The van der Waals surface area contributed by atoms with Gasteiger partial charge in [-0.25, -0.2) is 9.18 Å². The van der Waals surface area contributed by atoms with Crippen molar-refractivity contribution in [3.05, 3.63) is 142 Å². The molecule has 0 aromatic heterocycles. The molecular formula is C38H29ClF4N2O6. The lowest BCUT2D eigenvalue weighted by Crippen LogP contribution is -2.53. The predicted molar refractivity (Wildman–Crippen MR) is 182 cm³/mol. The summed E-state index contributed by atoms with van der Waals surface area (Å²) in [4.78, 5) is 39.5. The molecular weight excluding hydrogens is 692 g/mol. The maximum atomic E-state index is 13.8. The Balaban J connectivity index is 1.43. The third kappa shape index (κ3) is 9.22. The Morgan fingerprint density at radius 2 is 1.25 bits per heavy atom. The number of amides is 2. The average Bonchev–Trinajstić information content (AvgIpc) is 3.10. The number of aliphatic carboxylic acids is 1. The van der Waals surface area contributed by atoms with E-state index in [0.29, 0.717) is 33.4 Å². The molecule has 0 radical (unpaired) electrons. The highest BCUT2D eigenvalue weighted by molar-refractivity contribution is 6.31. The summed E-state index contributed by atoms with van der Waals surface area (Å²) in [5.41, 5.74) is 1.48. The first-order chi connectivity index (χ1) is 24.2. The van der Waals surface area contributed by atoms with E-state index < -0.39 is 53.2 Å². The number of hydrogen-bond donors (Lipinski definition) is 5. The third-order valence-electron chi connectivity index (χ3n) is 8.02. The van der Waals surface area contributed by atoms with Crippen molar-refractivity contribution < 1.29 is 47.3 Å². The van der Waals surface area contributed by atoms with Gasteiger partial charge in [0.2, 0.25) is 5.91 Å². The Labute approximate surface area is 294 Å². The van der Waals surface area contributed by atoms with Crippen molar-refractivity contribution in [3.63, 3.8) is 0 Å². The molecule has 0 aliphatic heterocycles. The molecule has 5 aromatic carbocycles. The van der Waals surface area contributed by atoms with Crippen molar-refractivity contribution in [2.75, 3.05) is 0 Å². The Bertz CT molecular complexity index is 2070. The molecule has 5 rings (SSSR count). The number of carbonyl (C=O) groups excluding carboxylic acids is 2. The first-order valence-electron chi connectivity index (χ1n) is 15.3. The summed E-state index contributed by atoms with van der Waals surface area (Å²) in [6.07, 6.45) is -4.87. The van der Waals surface area contributed by atoms with Gasteiger partial charge in [-0.2, -0.15) is 13.2 Å². The molecule has 0 spiro atoms. The van der Waals surface area contributed by atoms with E-state index in [1.54, 1.807) is 24.3 Å². The van der Waals surface area contributed by atoms with Crippen molar-refractivity contribution in [1.29, 1.82) is 0 Å². The second-order valence-corrected chi connectivity index (χ2v) is 12.0. The Hall–Kier alpha value is -5.88. The van der Waals surface area contributed by atoms with Crippen LogP contribution in [-0.4, -0.2) is 45.2 Å². The van der Waals surface area contributed by atoms with Crippen LogP contribution in [0.1, 0.15) is 27.0 Å². The quantitative estimate of drug-likeness (QED) is 0.0903. The summed E-state index contributed by atoms with van der Waals surface area (Å²) in [6, 6.07) is 21.8. The molecule has 0 fully saturated rings. The number of rotatable bonds is 11. The highest BCUT2D eigenvalue weighted by Crippen LogP contribution is 2.33. The molecule has 2 atom stereocenters. The lowest BCUT2D eigenvalue weighted by Gasteiger charge is -2.22. The van der Waals surface area contributed by atoms with Crippen LogP contribution < -0.4 is 10.6 Å². The van der Waals surface area contributed by atoms with E-state index in [4.69, 9.17) is 11.6 Å². The highest BCUT2D eigenvalue weighted by atomic mass is 35.5. The van der Waals surface area contributed by atoms with Crippen molar-refractivity contribution in [1.82, 2.24) is 10.6 Å². The second kappa shape index (κ2) is 15.3. The molecule has 13 heteroatoms. The topological polar surface area (TPSA) is 136 Å². The fourth-order valence-electron chi connectivity index (χ4n) is 5.30. The van der Waals surface area contributed by atoms with Gasteiger partial charge in [0.15, 0.2) is 0 Å². The molecule has 0 heterocycles. The van der Waals surface area contributed by atoms with E-state index in [2.05, 4.69) is 10.6 Å². The fourth-order valence-corrected chi connectivity index (χ4v) is 5.48. The summed E-state index contributed by atoms with van der Waals surface area (Å²) < 4.78 is 53.6. The summed E-state index contributed by atoms with van der Waals surface area (Å²) in [7, 11) is 0. The minimum Gasteiger partial charge on any atom is -0.508 e. The third-order valence-corrected chi connectivity index (χ3v) is 8.31. The zero-order valence-electron chi connectivity index (χ0n) is 26.4. The molecule has 0 aliphatic rings. The van der Waals surface area contributed by atoms with Gasteiger partial charge in [-0.15, -0.1) is 0 Å². The minimum absolute atomic E-state index is 0.0358. The fraction of sp³-hybridized carbons (Fsp3) is 0.132. The Morgan fingerprint density at radius 3 is 1.88 bits per heavy atom. The first kappa shape index (κ1) is 36.4. The number of phenols is 2. The largest absolute Gasteiger partial charge is 0.508 e. The molecule has 51 heavy (non-hydrogen) atoms. The molecule has 0 saturated heterocycles. The number of hydrogen-bond acceptors (Lipinski definition) is 5. The predicted octanol–water partition coefficient (Wildman–Crippen LogP) is 7.40. The smallest absolute Gasteiger partial charge is 0.416 e. The Morgan fingerprint density at radius 1 is 0.686 bits per heavy atom. The average molecular weight is 721 g/mol. The van der Waals surface area contributed by atoms with Crippen LogP contribution in [0, 0.1) is 5.82 Å². The zero-order chi connectivity index (χ0) is 36.9. The van der Waals surface area contributed by atoms with Crippen LogP contribution >= 0.6 is 11.6 Å². The number of halogens is 5. The van der Waals surface area contributed by atoms with Crippen LogP contribution in [0.3, 0.4) is 0 Å². The van der Waals surface area contributed by atoms with Crippen LogP contribution in [0.2, 0.25) is 5.02 Å². The second-order valence-electron chi connectivity index (χ2n) is 11.6. The van der Waals surface area contributed by atoms with Gasteiger partial charge < -0.3 is 26.0 Å². The van der Waals surface area contributed by atoms with E-state index >= 15 is 0 Å². The van der Waals surface area contributed by atoms with E-state index in [1.165, 1.54) is 66.7 Å². The number of benzene rings is 5. The highest BCUT2D eigenvalue weighted by Gasteiger charge is 2.31. The van der Waals surface area contributed by atoms with Crippen LogP contribution in [0.25, 0.3) is 22.3 Å². The molecule has 5 N–H and O–H groups in total. The lowest BCUT2D eigenvalue weighted by molar-refractivity contribution is -0.142. The molecule has 262 valence electrons. The number of nitrogens with one attached hydrogen (secondary N) is 2. The molecule has 1 unspecified atom stereocenters. The van der Waals surface area contributed by atoms with Gasteiger partial charge in [-0.05, 0) is 81.9 Å².